The van der Waals surface area contributed by atoms with Gasteiger partial charge in [-0.1, -0.05) is 18.2 Å². The molecule has 0 fully saturated rings. The summed E-state index contributed by atoms with van der Waals surface area (Å²) in [4.78, 5) is 31.8. The predicted octanol–water partition coefficient (Wildman–Crippen LogP) is 3.30. The summed E-state index contributed by atoms with van der Waals surface area (Å²) < 4.78 is 38.4. The van der Waals surface area contributed by atoms with Crippen molar-refractivity contribution in [2.45, 2.75) is 6.18 Å². The van der Waals surface area contributed by atoms with E-state index in [-0.39, 0.29) is 22.0 Å². The van der Waals surface area contributed by atoms with Gasteiger partial charge in [-0.2, -0.15) is 13.2 Å². The Balaban J connectivity index is 1.69. The Morgan fingerprint density at radius 2 is 1.70 bits per heavy atom. The van der Waals surface area contributed by atoms with E-state index in [9.17, 15) is 22.8 Å². The van der Waals surface area contributed by atoms with Gasteiger partial charge in [0.05, 0.1) is 5.56 Å². The fourth-order valence-electron chi connectivity index (χ4n) is 2.08. The highest BCUT2D eigenvalue weighted by atomic mass is 32.1. The molecule has 2 N–H and O–H groups in total. The Labute approximate surface area is 155 Å². The van der Waals surface area contributed by atoms with Crippen LogP contribution in [0.2, 0.25) is 0 Å². The lowest BCUT2D eigenvalue weighted by molar-refractivity contribution is -0.137. The van der Waals surface area contributed by atoms with Crippen LogP contribution in [0.25, 0.3) is 10.6 Å². The van der Waals surface area contributed by atoms with Gasteiger partial charge in [0, 0.05) is 17.1 Å². The van der Waals surface area contributed by atoms with Gasteiger partial charge in [0.2, 0.25) is 0 Å². The van der Waals surface area contributed by atoms with Crippen molar-refractivity contribution >= 4 is 23.2 Å². The zero-order chi connectivity index (χ0) is 19.4. The largest absolute Gasteiger partial charge is 0.416 e. The van der Waals surface area contributed by atoms with E-state index >= 15 is 0 Å². The Morgan fingerprint density at radius 1 is 0.963 bits per heavy atom. The number of nitrogens with one attached hydrogen (secondary N) is 2. The molecule has 0 unspecified atom stereocenters. The molecule has 27 heavy (non-hydrogen) atoms. The Morgan fingerprint density at radius 3 is 2.37 bits per heavy atom. The third-order valence-corrected chi connectivity index (χ3v) is 4.25. The van der Waals surface area contributed by atoms with Gasteiger partial charge in [0.25, 0.3) is 11.8 Å². The van der Waals surface area contributed by atoms with Crippen molar-refractivity contribution in [2.24, 2.45) is 0 Å². The first-order valence-corrected chi connectivity index (χ1v) is 8.37. The van der Waals surface area contributed by atoms with Crippen LogP contribution in [0.4, 0.5) is 13.2 Å². The number of hydrogen-bond acceptors (Lipinski definition) is 5. The van der Waals surface area contributed by atoms with Crippen molar-refractivity contribution in [3.05, 3.63) is 71.0 Å². The van der Waals surface area contributed by atoms with Crippen LogP contribution >= 0.6 is 11.3 Å². The molecule has 138 valence electrons. The maximum Gasteiger partial charge on any atom is 0.416 e. The lowest BCUT2D eigenvalue weighted by Crippen LogP contribution is -2.42. The van der Waals surface area contributed by atoms with E-state index in [1.54, 1.807) is 12.1 Å². The van der Waals surface area contributed by atoms with E-state index in [1.807, 2.05) is 0 Å². The van der Waals surface area contributed by atoms with E-state index in [2.05, 4.69) is 20.8 Å². The number of halogens is 3. The van der Waals surface area contributed by atoms with Crippen LogP contribution in [-0.4, -0.2) is 21.8 Å². The molecule has 0 aliphatic rings. The maximum atomic E-state index is 12.8. The van der Waals surface area contributed by atoms with Crippen LogP contribution in [0.5, 0.6) is 0 Å². The molecule has 0 bridgehead atoms. The highest BCUT2D eigenvalue weighted by Crippen LogP contribution is 2.33. The van der Waals surface area contributed by atoms with Crippen molar-refractivity contribution < 1.29 is 22.8 Å². The first-order valence-electron chi connectivity index (χ1n) is 7.49. The van der Waals surface area contributed by atoms with Crippen molar-refractivity contribution in [3.8, 4) is 10.6 Å². The summed E-state index contributed by atoms with van der Waals surface area (Å²) in [5.74, 6) is -1.31. The fraction of sp³-hybridized carbons (Fsp3) is 0.0588. The van der Waals surface area contributed by atoms with E-state index < -0.39 is 23.6 Å². The molecular weight excluding hydrogens is 381 g/mol. The molecule has 0 saturated heterocycles. The van der Waals surface area contributed by atoms with Gasteiger partial charge in [0.15, 0.2) is 0 Å². The summed E-state index contributed by atoms with van der Waals surface area (Å²) in [6.45, 7) is 0. The molecule has 10 heteroatoms. The van der Waals surface area contributed by atoms with Crippen LogP contribution < -0.4 is 10.9 Å². The average molecular weight is 392 g/mol. The highest BCUT2D eigenvalue weighted by Gasteiger charge is 2.30. The molecular formula is C17H11F3N4O2S. The van der Waals surface area contributed by atoms with Crippen LogP contribution in [0.15, 0.2) is 54.0 Å². The average Bonchev–Trinajstić information content (AvgIpc) is 3.16. The Kier molecular flexibility index (Phi) is 5.17. The van der Waals surface area contributed by atoms with Crippen LogP contribution in [0.3, 0.4) is 0 Å². The monoisotopic (exact) mass is 392 g/mol. The summed E-state index contributed by atoms with van der Waals surface area (Å²) in [6.07, 6.45) is -3.04. The lowest BCUT2D eigenvalue weighted by atomic mass is 10.1. The Bertz CT molecular complexity index is 974. The number of aromatic nitrogens is 2. The number of pyridine rings is 1. The molecule has 0 atom stereocenters. The molecule has 2 amide bonds. The molecule has 0 saturated carbocycles. The number of hydrazine groups is 1. The molecule has 0 spiro atoms. The van der Waals surface area contributed by atoms with Crippen molar-refractivity contribution in [2.75, 3.05) is 0 Å². The van der Waals surface area contributed by atoms with Gasteiger partial charge >= 0.3 is 6.18 Å². The van der Waals surface area contributed by atoms with Gasteiger partial charge in [-0.3, -0.25) is 25.4 Å². The van der Waals surface area contributed by atoms with Crippen LogP contribution in [0, 0.1) is 0 Å². The normalized spacial score (nSPS) is 11.1. The van der Waals surface area contributed by atoms with Gasteiger partial charge in [-0.05, 0) is 24.3 Å². The zero-order valence-corrected chi connectivity index (χ0v) is 14.3. The number of rotatable bonds is 3. The summed E-state index contributed by atoms with van der Waals surface area (Å²) >= 11 is 1.02. The second kappa shape index (κ2) is 7.54. The summed E-state index contributed by atoms with van der Waals surface area (Å²) in [5, 5.41) is 1.64. The molecule has 2 heterocycles. The second-order valence-electron chi connectivity index (χ2n) is 5.24. The number of thiazole rings is 1. The first kappa shape index (κ1) is 18.5. The minimum absolute atomic E-state index is 0.0336. The second-order valence-corrected chi connectivity index (χ2v) is 6.10. The third kappa shape index (κ3) is 4.47. The minimum Gasteiger partial charge on any atom is -0.266 e. The number of benzene rings is 1. The maximum absolute atomic E-state index is 12.8. The van der Waals surface area contributed by atoms with E-state index in [0.29, 0.717) is 0 Å². The number of amides is 2. The molecule has 6 nitrogen and oxygen atoms in total. The number of alkyl halides is 3. The first-order chi connectivity index (χ1) is 12.8. The SMILES string of the molecule is O=C(NNC(=O)c1csc(-c2cccc(C(F)(F)F)c2)n1)c1ccccn1. The molecule has 0 aliphatic heterocycles. The summed E-state index contributed by atoms with van der Waals surface area (Å²) in [7, 11) is 0. The molecule has 3 rings (SSSR count). The molecule has 0 radical (unpaired) electrons. The van der Waals surface area contributed by atoms with Crippen molar-refractivity contribution in [1.29, 1.82) is 0 Å². The highest BCUT2D eigenvalue weighted by molar-refractivity contribution is 7.13. The van der Waals surface area contributed by atoms with E-state index in [0.717, 1.165) is 23.5 Å². The van der Waals surface area contributed by atoms with Crippen molar-refractivity contribution in [1.82, 2.24) is 20.8 Å². The molecule has 1 aromatic carbocycles. The quantitative estimate of drug-likeness (QED) is 0.670. The molecule has 0 aliphatic carbocycles. The standard InChI is InChI=1S/C17H11F3N4O2S/c18-17(19,20)11-5-3-4-10(8-11)16-22-13(9-27-16)15(26)24-23-14(25)12-6-1-2-7-21-12/h1-9H,(H,23,25)(H,24,26). The van der Waals surface area contributed by atoms with Crippen LogP contribution in [0.1, 0.15) is 26.5 Å². The van der Waals surface area contributed by atoms with Gasteiger partial charge in [-0.15, -0.1) is 11.3 Å². The van der Waals surface area contributed by atoms with Crippen molar-refractivity contribution in [3.63, 3.8) is 0 Å². The van der Waals surface area contributed by atoms with Gasteiger partial charge in [-0.25, -0.2) is 4.98 Å². The number of nitrogens with zero attached hydrogens (tertiary/aromatic N) is 2. The summed E-state index contributed by atoms with van der Waals surface area (Å²) in [5.41, 5.74) is 3.89. The predicted molar refractivity (Wildman–Crippen MR) is 91.7 cm³/mol. The number of hydrogen-bond donors (Lipinski definition) is 2. The van der Waals surface area contributed by atoms with E-state index in [4.69, 9.17) is 0 Å². The number of carbonyl (C=O) groups is 2. The van der Waals surface area contributed by atoms with Gasteiger partial charge < -0.3 is 0 Å². The Hall–Kier alpha value is -3.27. The topological polar surface area (TPSA) is 84.0 Å². The molecule has 3 aromatic rings. The van der Waals surface area contributed by atoms with Crippen LogP contribution in [-0.2, 0) is 6.18 Å². The minimum atomic E-state index is -4.47. The fourth-order valence-corrected chi connectivity index (χ4v) is 2.87. The van der Waals surface area contributed by atoms with Gasteiger partial charge in [0.1, 0.15) is 16.4 Å². The smallest absolute Gasteiger partial charge is 0.266 e. The third-order valence-electron chi connectivity index (χ3n) is 3.36. The zero-order valence-electron chi connectivity index (χ0n) is 13.4. The lowest BCUT2D eigenvalue weighted by Gasteiger charge is -2.07. The summed E-state index contributed by atoms with van der Waals surface area (Å²) in [6, 6.07) is 9.38. The molecule has 2 aromatic heterocycles. The number of carbonyl (C=O) groups excluding carboxylic acids is 2. The van der Waals surface area contributed by atoms with E-state index in [1.165, 1.54) is 29.8 Å².